The predicted octanol–water partition coefficient (Wildman–Crippen LogP) is 3.61. The number of hydrogen-bond donors (Lipinski definition) is 2. The number of carbonyl (C=O) groups is 2. The number of benzene rings is 2. The number of nitrogens with one attached hydrogen (secondary N) is 2. The van der Waals surface area contributed by atoms with Crippen molar-refractivity contribution in [1.82, 2.24) is 10.2 Å². The van der Waals surface area contributed by atoms with Gasteiger partial charge in [-0.1, -0.05) is 29.8 Å². The normalized spacial score (nSPS) is 14.9. The van der Waals surface area contributed by atoms with E-state index in [0.717, 1.165) is 42.7 Å². The molecule has 2 N–H and O–H groups in total. The van der Waals surface area contributed by atoms with Crippen LogP contribution in [-0.4, -0.2) is 50.4 Å². The molecular formula is C23H29ClN4O2. The maximum atomic E-state index is 12.4. The van der Waals surface area contributed by atoms with Crippen LogP contribution in [0.1, 0.15) is 30.0 Å². The molecule has 0 unspecified atom stereocenters. The average molecular weight is 429 g/mol. The molecule has 1 saturated heterocycles. The highest BCUT2D eigenvalue weighted by Gasteiger charge is 2.25. The summed E-state index contributed by atoms with van der Waals surface area (Å²) in [5, 5.41) is 5.96. The van der Waals surface area contributed by atoms with E-state index in [1.807, 2.05) is 21.0 Å². The zero-order valence-corrected chi connectivity index (χ0v) is 18.5. The van der Waals surface area contributed by atoms with Crippen molar-refractivity contribution in [3.8, 4) is 0 Å². The van der Waals surface area contributed by atoms with E-state index in [-0.39, 0.29) is 6.04 Å². The molecule has 0 saturated carbocycles. The Morgan fingerprint density at radius 2 is 1.73 bits per heavy atom. The van der Waals surface area contributed by atoms with Crippen LogP contribution in [0.4, 0.5) is 11.4 Å². The summed E-state index contributed by atoms with van der Waals surface area (Å²) in [7, 11) is 4.01. The Morgan fingerprint density at radius 1 is 1.07 bits per heavy atom. The molecule has 1 aliphatic heterocycles. The Balaban J connectivity index is 1.64. The van der Waals surface area contributed by atoms with Crippen molar-refractivity contribution < 1.29 is 9.59 Å². The summed E-state index contributed by atoms with van der Waals surface area (Å²) < 4.78 is 0. The topological polar surface area (TPSA) is 64.7 Å². The SMILES string of the molecule is Cc1ccc(NC(=O)C(=O)NC[C@H](c2ccc(N(C)C)cc2)N2CCCC2)cc1Cl. The summed E-state index contributed by atoms with van der Waals surface area (Å²) in [5.74, 6) is -1.35. The fourth-order valence-corrected chi connectivity index (χ4v) is 3.81. The van der Waals surface area contributed by atoms with Crippen molar-refractivity contribution in [2.45, 2.75) is 25.8 Å². The van der Waals surface area contributed by atoms with E-state index >= 15 is 0 Å². The Hall–Kier alpha value is -2.57. The zero-order chi connectivity index (χ0) is 21.7. The lowest BCUT2D eigenvalue weighted by atomic mass is 10.0. The number of rotatable bonds is 6. The van der Waals surface area contributed by atoms with Crippen LogP contribution in [0.25, 0.3) is 0 Å². The van der Waals surface area contributed by atoms with E-state index < -0.39 is 11.8 Å². The molecule has 3 rings (SSSR count). The first kappa shape index (κ1) is 22.1. The third kappa shape index (κ3) is 5.52. The quantitative estimate of drug-likeness (QED) is 0.690. The predicted molar refractivity (Wildman–Crippen MR) is 122 cm³/mol. The minimum Gasteiger partial charge on any atom is -0.378 e. The zero-order valence-electron chi connectivity index (χ0n) is 17.7. The summed E-state index contributed by atoms with van der Waals surface area (Å²) in [4.78, 5) is 29.1. The Bertz CT molecular complexity index is 893. The van der Waals surface area contributed by atoms with Gasteiger partial charge in [0.15, 0.2) is 0 Å². The van der Waals surface area contributed by atoms with Gasteiger partial charge >= 0.3 is 11.8 Å². The first-order valence-electron chi connectivity index (χ1n) is 10.2. The number of halogens is 1. The van der Waals surface area contributed by atoms with Crippen LogP contribution in [0.5, 0.6) is 0 Å². The van der Waals surface area contributed by atoms with Gasteiger partial charge in [-0.05, 0) is 68.2 Å². The third-order valence-corrected chi connectivity index (χ3v) is 5.87. The molecule has 0 radical (unpaired) electrons. The van der Waals surface area contributed by atoms with Crippen molar-refractivity contribution in [2.75, 3.05) is 43.9 Å². The van der Waals surface area contributed by atoms with Gasteiger partial charge in [-0.15, -0.1) is 0 Å². The van der Waals surface area contributed by atoms with Crippen LogP contribution < -0.4 is 15.5 Å². The molecule has 160 valence electrons. The molecule has 2 amide bonds. The number of nitrogens with zero attached hydrogens (tertiary/aromatic N) is 2. The van der Waals surface area contributed by atoms with E-state index in [2.05, 4.69) is 44.7 Å². The van der Waals surface area contributed by atoms with Crippen LogP contribution in [0.3, 0.4) is 0 Å². The number of hydrogen-bond acceptors (Lipinski definition) is 4. The molecule has 2 aromatic carbocycles. The van der Waals surface area contributed by atoms with Gasteiger partial charge < -0.3 is 15.5 Å². The molecule has 6 nitrogen and oxygen atoms in total. The molecule has 2 aromatic rings. The second-order valence-corrected chi connectivity index (χ2v) is 8.28. The van der Waals surface area contributed by atoms with Crippen LogP contribution in [0.15, 0.2) is 42.5 Å². The van der Waals surface area contributed by atoms with Gasteiger partial charge in [0.1, 0.15) is 0 Å². The summed E-state index contributed by atoms with van der Waals surface area (Å²) >= 11 is 6.09. The van der Waals surface area contributed by atoms with Crippen molar-refractivity contribution >= 4 is 34.8 Å². The van der Waals surface area contributed by atoms with Gasteiger partial charge in [-0.3, -0.25) is 14.5 Å². The summed E-state index contributed by atoms with van der Waals surface area (Å²) in [6.07, 6.45) is 2.30. The Kier molecular flexibility index (Phi) is 7.34. The van der Waals surface area contributed by atoms with Crippen LogP contribution >= 0.6 is 11.6 Å². The van der Waals surface area contributed by atoms with Crippen LogP contribution in [-0.2, 0) is 9.59 Å². The second-order valence-electron chi connectivity index (χ2n) is 7.87. The molecule has 0 spiro atoms. The van der Waals surface area contributed by atoms with Crippen molar-refractivity contribution in [2.24, 2.45) is 0 Å². The highest BCUT2D eigenvalue weighted by atomic mass is 35.5. The summed E-state index contributed by atoms with van der Waals surface area (Å²) in [6, 6.07) is 13.6. The number of amides is 2. The molecule has 0 aromatic heterocycles. The minimum atomic E-state index is -0.696. The van der Waals surface area contributed by atoms with Crippen LogP contribution in [0.2, 0.25) is 5.02 Å². The maximum Gasteiger partial charge on any atom is 0.313 e. The highest BCUT2D eigenvalue weighted by molar-refractivity contribution is 6.39. The number of anilines is 2. The van der Waals surface area contributed by atoms with E-state index in [1.165, 1.54) is 0 Å². The van der Waals surface area contributed by atoms with Crippen molar-refractivity contribution in [3.63, 3.8) is 0 Å². The molecule has 1 aliphatic rings. The summed E-state index contributed by atoms with van der Waals surface area (Å²) in [5.41, 5.74) is 3.67. The fourth-order valence-electron chi connectivity index (χ4n) is 3.63. The average Bonchev–Trinajstić information content (AvgIpc) is 3.25. The second kappa shape index (κ2) is 9.96. The lowest BCUT2D eigenvalue weighted by Gasteiger charge is -2.28. The molecule has 1 fully saturated rings. The monoisotopic (exact) mass is 428 g/mol. The lowest BCUT2D eigenvalue weighted by molar-refractivity contribution is -0.136. The smallest absolute Gasteiger partial charge is 0.313 e. The first-order chi connectivity index (χ1) is 14.3. The van der Waals surface area contributed by atoms with E-state index in [9.17, 15) is 9.59 Å². The first-order valence-corrected chi connectivity index (χ1v) is 10.6. The number of carbonyl (C=O) groups excluding carboxylic acids is 2. The van der Waals surface area contributed by atoms with Gasteiger partial charge in [0.05, 0.1) is 6.04 Å². The van der Waals surface area contributed by atoms with Gasteiger partial charge in [0, 0.05) is 37.0 Å². The largest absolute Gasteiger partial charge is 0.378 e. The van der Waals surface area contributed by atoms with Gasteiger partial charge in [-0.25, -0.2) is 0 Å². The van der Waals surface area contributed by atoms with Crippen molar-refractivity contribution in [3.05, 3.63) is 58.6 Å². The maximum absolute atomic E-state index is 12.4. The van der Waals surface area contributed by atoms with Crippen molar-refractivity contribution in [1.29, 1.82) is 0 Å². The molecule has 0 aliphatic carbocycles. The van der Waals surface area contributed by atoms with E-state index in [1.54, 1.807) is 18.2 Å². The fraction of sp³-hybridized carbons (Fsp3) is 0.391. The molecule has 0 bridgehead atoms. The van der Waals surface area contributed by atoms with Gasteiger partial charge in [0.25, 0.3) is 0 Å². The van der Waals surface area contributed by atoms with Gasteiger partial charge in [0.2, 0.25) is 0 Å². The van der Waals surface area contributed by atoms with E-state index in [0.29, 0.717) is 17.3 Å². The van der Waals surface area contributed by atoms with Gasteiger partial charge in [-0.2, -0.15) is 0 Å². The molecule has 1 heterocycles. The molecule has 30 heavy (non-hydrogen) atoms. The Morgan fingerprint density at radius 3 is 2.33 bits per heavy atom. The third-order valence-electron chi connectivity index (χ3n) is 5.47. The molecule has 1 atom stereocenters. The standard InChI is InChI=1S/C23H29ClN4O2/c1-16-6-9-18(14-20(16)24)26-23(30)22(29)25-15-21(28-12-4-5-13-28)17-7-10-19(11-8-17)27(2)3/h6-11,14,21H,4-5,12-13,15H2,1-3H3,(H,25,29)(H,26,30)/t21-/m1/s1. The summed E-state index contributed by atoms with van der Waals surface area (Å²) in [6.45, 7) is 4.24. The molecular weight excluding hydrogens is 400 g/mol. The molecule has 7 heteroatoms. The van der Waals surface area contributed by atoms with E-state index in [4.69, 9.17) is 11.6 Å². The number of likely N-dealkylation sites (tertiary alicyclic amines) is 1. The minimum absolute atomic E-state index is 0.0364. The highest BCUT2D eigenvalue weighted by Crippen LogP contribution is 2.26. The van der Waals surface area contributed by atoms with Crippen LogP contribution in [0, 0.1) is 6.92 Å². The lowest BCUT2D eigenvalue weighted by Crippen LogP contribution is -2.41. The Labute approximate surface area is 183 Å². The number of aryl methyl sites for hydroxylation is 1.